The summed E-state index contributed by atoms with van der Waals surface area (Å²) in [6.45, 7) is 0.566. The Hall–Kier alpha value is -2.14. The minimum atomic E-state index is -5.67. The third-order valence-electron chi connectivity index (χ3n) is 3.87. The summed E-state index contributed by atoms with van der Waals surface area (Å²) >= 11 is 1.49. The van der Waals surface area contributed by atoms with E-state index in [2.05, 4.69) is 10.1 Å². The van der Waals surface area contributed by atoms with Gasteiger partial charge in [0.1, 0.15) is 12.2 Å². The molecule has 5 nitrogen and oxygen atoms in total. The summed E-state index contributed by atoms with van der Waals surface area (Å²) in [6, 6.07) is 1.50. The van der Waals surface area contributed by atoms with E-state index in [0.717, 1.165) is 15.7 Å². The van der Waals surface area contributed by atoms with Crippen molar-refractivity contribution in [1.82, 2.24) is 19.8 Å². The zero-order chi connectivity index (χ0) is 19.8. The van der Waals surface area contributed by atoms with E-state index in [9.17, 15) is 27.2 Å². The van der Waals surface area contributed by atoms with Crippen LogP contribution in [0.3, 0.4) is 0 Å². The molecule has 3 rings (SSSR count). The lowest BCUT2D eigenvalue weighted by Crippen LogP contribution is -2.40. The van der Waals surface area contributed by atoms with E-state index in [1.807, 2.05) is 13.0 Å². The Labute approximate surface area is 155 Å². The van der Waals surface area contributed by atoms with Crippen molar-refractivity contribution in [2.45, 2.75) is 25.6 Å². The lowest BCUT2D eigenvalue weighted by Gasteiger charge is -2.24. The fraction of sp³-hybridized carbons (Fsp3) is 0.375. The van der Waals surface area contributed by atoms with E-state index < -0.39 is 18.6 Å². The van der Waals surface area contributed by atoms with Crippen molar-refractivity contribution < 1.29 is 27.2 Å². The highest BCUT2D eigenvalue weighted by molar-refractivity contribution is 8.03. The minimum absolute atomic E-state index is 0.0452. The first kappa shape index (κ1) is 19.6. The maximum atomic E-state index is 13.3. The second-order valence-electron chi connectivity index (χ2n) is 5.76. The Balaban J connectivity index is 2.00. The quantitative estimate of drug-likeness (QED) is 0.750. The number of hydrogen-bond donors (Lipinski definition) is 1. The Bertz CT molecular complexity index is 906. The lowest BCUT2D eigenvalue weighted by atomic mass is 10.2. The SMILES string of the molecule is CCSC1=C(c2cc3cnn(CC(F)(F)C(F)(F)F)c3cn2)N(O)CC=C1. The van der Waals surface area contributed by atoms with Gasteiger partial charge in [0.25, 0.3) is 0 Å². The number of hydroxylamine groups is 2. The number of rotatable bonds is 5. The minimum Gasteiger partial charge on any atom is -0.288 e. The number of thioether (sulfide) groups is 1. The Morgan fingerprint density at radius 1 is 1.22 bits per heavy atom. The summed E-state index contributed by atoms with van der Waals surface area (Å²) in [4.78, 5) is 4.92. The molecule has 0 amide bonds. The topological polar surface area (TPSA) is 54.2 Å². The summed E-state index contributed by atoms with van der Waals surface area (Å²) in [5, 5.41) is 15.2. The maximum absolute atomic E-state index is 13.3. The highest BCUT2D eigenvalue weighted by Crippen LogP contribution is 2.37. The van der Waals surface area contributed by atoms with E-state index in [-0.39, 0.29) is 12.1 Å². The maximum Gasteiger partial charge on any atom is 0.455 e. The van der Waals surface area contributed by atoms with Gasteiger partial charge in [-0.1, -0.05) is 13.0 Å². The van der Waals surface area contributed by atoms with Crippen LogP contribution < -0.4 is 0 Å². The van der Waals surface area contributed by atoms with E-state index in [1.54, 1.807) is 6.08 Å². The summed E-state index contributed by atoms with van der Waals surface area (Å²) in [6.07, 6.45) is 0.326. The molecule has 11 heteroatoms. The van der Waals surface area contributed by atoms with Crippen molar-refractivity contribution in [1.29, 1.82) is 0 Å². The number of pyridine rings is 1. The van der Waals surface area contributed by atoms with Crippen LogP contribution in [0, 0.1) is 0 Å². The lowest BCUT2D eigenvalue weighted by molar-refractivity contribution is -0.287. The van der Waals surface area contributed by atoms with Gasteiger partial charge < -0.3 is 0 Å². The molecule has 1 N–H and O–H groups in total. The molecule has 27 heavy (non-hydrogen) atoms. The van der Waals surface area contributed by atoms with Crippen molar-refractivity contribution in [3.05, 3.63) is 41.2 Å². The van der Waals surface area contributed by atoms with Crippen LogP contribution in [0.15, 0.2) is 35.5 Å². The van der Waals surface area contributed by atoms with Crippen LogP contribution in [0.25, 0.3) is 16.6 Å². The average Bonchev–Trinajstić information content (AvgIpc) is 2.96. The van der Waals surface area contributed by atoms with E-state index in [4.69, 9.17) is 0 Å². The molecule has 0 fully saturated rings. The van der Waals surface area contributed by atoms with Crippen LogP contribution in [0.1, 0.15) is 12.6 Å². The van der Waals surface area contributed by atoms with Gasteiger partial charge in [-0.3, -0.25) is 14.9 Å². The zero-order valence-corrected chi connectivity index (χ0v) is 14.9. The molecule has 0 aliphatic carbocycles. The Morgan fingerprint density at radius 3 is 2.63 bits per heavy atom. The van der Waals surface area contributed by atoms with Crippen molar-refractivity contribution in [3.63, 3.8) is 0 Å². The number of hydrogen-bond acceptors (Lipinski definition) is 5. The molecule has 0 unspecified atom stereocenters. The first-order valence-electron chi connectivity index (χ1n) is 7.90. The number of halogens is 5. The number of alkyl halides is 5. The smallest absolute Gasteiger partial charge is 0.288 e. The van der Waals surface area contributed by atoms with Gasteiger partial charge in [0, 0.05) is 10.3 Å². The molecule has 1 aliphatic rings. The summed E-state index contributed by atoms with van der Waals surface area (Å²) in [5.74, 6) is -4.15. The van der Waals surface area contributed by atoms with Gasteiger partial charge in [-0.15, -0.1) is 11.8 Å². The van der Waals surface area contributed by atoms with Crippen molar-refractivity contribution in [3.8, 4) is 0 Å². The molecule has 0 saturated heterocycles. The summed E-state index contributed by atoms with van der Waals surface area (Å²) in [5.41, 5.74) is 0.857. The van der Waals surface area contributed by atoms with E-state index in [0.29, 0.717) is 21.5 Å². The largest absolute Gasteiger partial charge is 0.455 e. The molecule has 2 aromatic heterocycles. The summed E-state index contributed by atoms with van der Waals surface area (Å²) in [7, 11) is 0. The van der Waals surface area contributed by atoms with Crippen LogP contribution in [-0.4, -0.2) is 49.4 Å². The fourth-order valence-corrected chi connectivity index (χ4v) is 3.45. The van der Waals surface area contributed by atoms with Gasteiger partial charge in [0.2, 0.25) is 0 Å². The molecule has 3 heterocycles. The van der Waals surface area contributed by atoms with Gasteiger partial charge in [-0.05, 0) is 17.9 Å². The van der Waals surface area contributed by atoms with E-state index in [1.165, 1.54) is 30.2 Å². The molecule has 0 atom stereocenters. The first-order chi connectivity index (χ1) is 12.6. The van der Waals surface area contributed by atoms with Gasteiger partial charge in [0.15, 0.2) is 0 Å². The molecule has 146 valence electrons. The zero-order valence-electron chi connectivity index (χ0n) is 14.0. The standard InChI is InChI=1S/C16H15F5N4OS/c1-2-27-13-4-3-5-25(26)14(13)11-6-10-7-23-24(12(10)8-22-11)9-15(17,18)16(19,20)21/h3-4,6-8,26H,2,5,9H2,1H3. The summed E-state index contributed by atoms with van der Waals surface area (Å²) < 4.78 is 64.5. The highest BCUT2D eigenvalue weighted by Gasteiger charge is 2.57. The monoisotopic (exact) mass is 406 g/mol. The van der Waals surface area contributed by atoms with Gasteiger partial charge >= 0.3 is 12.1 Å². The molecule has 1 aliphatic heterocycles. The van der Waals surface area contributed by atoms with Crippen LogP contribution in [0.5, 0.6) is 0 Å². The van der Waals surface area contributed by atoms with E-state index >= 15 is 0 Å². The first-order valence-corrected chi connectivity index (χ1v) is 8.89. The van der Waals surface area contributed by atoms with Crippen LogP contribution >= 0.6 is 11.8 Å². The molecular weight excluding hydrogens is 391 g/mol. The number of nitrogens with zero attached hydrogens (tertiary/aromatic N) is 4. The number of allylic oxidation sites excluding steroid dienone is 1. The van der Waals surface area contributed by atoms with Crippen LogP contribution in [0.2, 0.25) is 0 Å². The molecular formula is C16H15F5N4OS. The molecule has 0 radical (unpaired) electrons. The average molecular weight is 406 g/mol. The molecule has 0 spiro atoms. The second kappa shape index (κ2) is 7.12. The number of fused-ring (bicyclic) bond motifs is 1. The molecule has 0 bridgehead atoms. The molecule has 0 saturated carbocycles. The van der Waals surface area contributed by atoms with Gasteiger partial charge in [0.05, 0.1) is 30.1 Å². The van der Waals surface area contributed by atoms with Crippen LogP contribution in [-0.2, 0) is 6.54 Å². The third kappa shape index (κ3) is 3.79. The Kier molecular flexibility index (Phi) is 5.17. The highest BCUT2D eigenvalue weighted by atomic mass is 32.2. The number of aromatic nitrogens is 3. The molecule has 0 aromatic carbocycles. The fourth-order valence-electron chi connectivity index (χ4n) is 2.60. The van der Waals surface area contributed by atoms with Crippen molar-refractivity contribution in [2.75, 3.05) is 12.3 Å². The normalized spacial score (nSPS) is 15.9. The predicted molar refractivity (Wildman–Crippen MR) is 91.2 cm³/mol. The Morgan fingerprint density at radius 2 is 1.96 bits per heavy atom. The van der Waals surface area contributed by atoms with Crippen LogP contribution in [0.4, 0.5) is 22.0 Å². The van der Waals surface area contributed by atoms with Crippen molar-refractivity contribution >= 4 is 28.4 Å². The predicted octanol–water partition coefficient (Wildman–Crippen LogP) is 4.31. The second-order valence-corrected chi connectivity index (χ2v) is 7.07. The van der Waals surface area contributed by atoms with Gasteiger partial charge in [-0.2, -0.15) is 27.1 Å². The molecule has 2 aromatic rings. The third-order valence-corrected chi connectivity index (χ3v) is 4.80. The van der Waals surface area contributed by atoms with Crippen molar-refractivity contribution in [2.24, 2.45) is 0 Å². The van der Waals surface area contributed by atoms with Gasteiger partial charge in [-0.25, -0.2) is 5.06 Å².